The van der Waals surface area contributed by atoms with Crippen molar-refractivity contribution in [3.05, 3.63) is 63.5 Å². The average Bonchev–Trinajstić information content (AvgIpc) is 2.89. The van der Waals surface area contributed by atoms with Crippen molar-refractivity contribution >= 4 is 32.7 Å². The SMILES string of the molecule is Cc1ccc(S(=O)(=O)NCCCn2c(=O)[nH]c3ccccc32)cc1Cl. The lowest BCUT2D eigenvalue weighted by Gasteiger charge is -2.08. The summed E-state index contributed by atoms with van der Waals surface area (Å²) in [5, 5.41) is 0.410. The largest absolute Gasteiger partial charge is 0.326 e. The van der Waals surface area contributed by atoms with E-state index in [1.165, 1.54) is 12.1 Å². The summed E-state index contributed by atoms with van der Waals surface area (Å²) in [6, 6.07) is 12.0. The monoisotopic (exact) mass is 379 g/mol. The van der Waals surface area contributed by atoms with Crippen molar-refractivity contribution in [2.45, 2.75) is 24.8 Å². The highest BCUT2D eigenvalue weighted by Crippen LogP contribution is 2.19. The topological polar surface area (TPSA) is 84.0 Å². The van der Waals surface area contributed by atoms with E-state index in [1.807, 2.05) is 31.2 Å². The van der Waals surface area contributed by atoms with E-state index < -0.39 is 10.0 Å². The molecule has 1 heterocycles. The van der Waals surface area contributed by atoms with Crippen LogP contribution in [0.2, 0.25) is 5.02 Å². The number of rotatable bonds is 6. The van der Waals surface area contributed by atoms with Gasteiger partial charge in [0, 0.05) is 18.1 Å². The Labute approximate surface area is 150 Å². The Bertz CT molecular complexity index is 1070. The fourth-order valence-corrected chi connectivity index (χ4v) is 3.94. The quantitative estimate of drug-likeness (QED) is 0.646. The summed E-state index contributed by atoms with van der Waals surface area (Å²) in [5.74, 6) is 0. The molecule has 0 unspecified atom stereocenters. The fraction of sp³-hybridized carbons (Fsp3) is 0.235. The number of hydrogen-bond donors (Lipinski definition) is 2. The lowest BCUT2D eigenvalue weighted by atomic mass is 10.2. The molecule has 6 nitrogen and oxygen atoms in total. The third-order valence-electron chi connectivity index (χ3n) is 3.99. The maximum absolute atomic E-state index is 12.3. The predicted molar refractivity (Wildman–Crippen MR) is 98.6 cm³/mol. The Hall–Kier alpha value is -2.09. The number of halogens is 1. The normalized spacial score (nSPS) is 11.9. The molecule has 2 N–H and O–H groups in total. The minimum atomic E-state index is -3.62. The molecule has 2 aromatic carbocycles. The number of nitrogens with zero attached hydrogens (tertiary/aromatic N) is 1. The van der Waals surface area contributed by atoms with E-state index in [0.29, 0.717) is 18.0 Å². The van der Waals surface area contributed by atoms with Gasteiger partial charge in [0.25, 0.3) is 0 Å². The van der Waals surface area contributed by atoms with Crippen LogP contribution in [-0.4, -0.2) is 24.5 Å². The minimum absolute atomic E-state index is 0.132. The lowest BCUT2D eigenvalue weighted by Crippen LogP contribution is -2.26. The first kappa shape index (κ1) is 17.7. The van der Waals surface area contributed by atoms with Gasteiger partial charge in [0.05, 0.1) is 15.9 Å². The molecule has 0 aliphatic rings. The highest BCUT2D eigenvalue weighted by Gasteiger charge is 2.14. The van der Waals surface area contributed by atoms with Crippen LogP contribution in [0.3, 0.4) is 0 Å². The standard InChI is InChI=1S/C17H18ClN3O3S/c1-12-7-8-13(11-14(12)18)25(23,24)19-9-4-10-21-16-6-3-2-5-15(16)20-17(21)22/h2-3,5-8,11,19H,4,9-10H2,1H3,(H,20,22). The number of benzene rings is 2. The molecule has 25 heavy (non-hydrogen) atoms. The number of aryl methyl sites for hydroxylation is 2. The Morgan fingerprint density at radius 1 is 1.20 bits per heavy atom. The van der Waals surface area contributed by atoms with Gasteiger partial charge in [0.15, 0.2) is 0 Å². The van der Waals surface area contributed by atoms with E-state index in [-0.39, 0.29) is 17.1 Å². The van der Waals surface area contributed by atoms with Crippen LogP contribution in [0, 0.1) is 6.92 Å². The van der Waals surface area contributed by atoms with Crippen LogP contribution in [0.4, 0.5) is 0 Å². The third kappa shape index (κ3) is 3.78. The summed E-state index contributed by atoms with van der Waals surface area (Å²) in [6.07, 6.45) is 0.487. The zero-order valence-electron chi connectivity index (χ0n) is 13.6. The molecule has 8 heteroatoms. The van der Waals surface area contributed by atoms with Crippen LogP contribution >= 0.6 is 11.6 Å². The van der Waals surface area contributed by atoms with Crippen molar-refractivity contribution in [1.82, 2.24) is 14.3 Å². The van der Waals surface area contributed by atoms with Gasteiger partial charge in [0.2, 0.25) is 10.0 Å². The summed E-state index contributed by atoms with van der Waals surface area (Å²) in [4.78, 5) is 14.9. The fourth-order valence-electron chi connectivity index (χ4n) is 2.60. The summed E-state index contributed by atoms with van der Waals surface area (Å²) in [7, 11) is -3.62. The number of aromatic nitrogens is 2. The maximum atomic E-state index is 12.3. The van der Waals surface area contributed by atoms with E-state index in [4.69, 9.17) is 11.6 Å². The molecule has 0 spiro atoms. The molecule has 0 aliphatic carbocycles. The zero-order chi connectivity index (χ0) is 18.0. The second-order valence-electron chi connectivity index (χ2n) is 5.76. The van der Waals surface area contributed by atoms with Crippen LogP contribution in [0.1, 0.15) is 12.0 Å². The molecule has 0 aliphatic heterocycles. The third-order valence-corrected chi connectivity index (χ3v) is 5.85. The van der Waals surface area contributed by atoms with Gasteiger partial charge in [-0.15, -0.1) is 0 Å². The molecule has 1 aromatic heterocycles. The number of nitrogens with one attached hydrogen (secondary N) is 2. The van der Waals surface area contributed by atoms with Gasteiger partial charge in [-0.1, -0.05) is 29.8 Å². The molecule has 0 fully saturated rings. The average molecular weight is 380 g/mol. The van der Waals surface area contributed by atoms with Crippen LogP contribution in [0.25, 0.3) is 11.0 Å². The molecular formula is C17H18ClN3O3S. The number of aromatic amines is 1. The van der Waals surface area contributed by atoms with Crippen molar-refractivity contribution in [1.29, 1.82) is 0 Å². The van der Waals surface area contributed by atoms with Crippen molar-refractivity contribution < 1.29 is 8.42 Å². The van der Waals surface area contributed by atoms with Crippen molar-refractivity contribution in [3.8, 4) is 0 Å². The Morgan fingerprint density at radius 3 is 2.72 bits per heavy atom. The first-order chi connectivity index (χ1) is 11.9. The summed E-state index contributed by atoms with van der Waals surface area (Å²) in [5.41, 5.74) is 2.19. The van der Waals surface area contributed by atoms with Crippen LogP contribution in [0.5, 0.6) is 0 Å². The van der Waals surface area contributed by atoms with Crippen molar-refractivity contribution in [2.24, 2.45) is 0 Å². The molecule has 0 radical (unpaired) electrons. The smallest absolute Gasteiger partial charge is 0.306 e. The lowest BCUT2D eigenvalue weighted by molar-refractivity contribution is 0.569. The number of sulfonamides is 1. The molecule has 0 saturated carbocycles. The van der Waals surface area contributed by atoms with Gasteiger partial charge >= 0.3 is 5.69 Å². The summed E-state index contributed by atoms with van der Waals surface area (Å²) < 4.78 is 28.7. The minimum Gasteiger partial charge on any atom is -0.306 e. The Kier molecular flexibility index (Phi) is 4.99. The molecule has 0 bridgehead atoms. The van der Waals surface area contributed by atoms with Gasteiger partial charge in [-0.3, -0.25) is 4.57 Å². The summed E-state index contributed by atoms with van der Waals surface area (Å²) in [6.45, 7) is 2.45. The molecule has 0 saturated heterocycles. The van der Waals surface area contributed by atoms with Crippen LogP contribution in [0.15, 0.2) is 52.2 Å². The van der Waals surface area contributed by atoms with Gasteiger partial charge in [0.1, 0.15) is 0 Å². The first-order valence-corrected chi connectivity index (χ1v) is 9.68. The van der Waals surface area contributed by atoms with E-state index in [2.05, 4.69) is 9.71 Å². The molecule has 0 amide bonds. The molecule has 3 aromatic rings. The van der Waals surface area contributed by atoms with E-state index in [9.17, 15) is 13.2 Å². The second-order valence-corrected chi connectivity index (χ2v) is 7.94. The highest BCUT2D eigenvalue weighted by atomic mass is 35.5. The zero-order valence-corrected chi connectivity index (χ0v) is 15.2. The number of fused-ring (bicyclic) bond motifs is 1. The maximum Gasteiger partial charge on any atom is 0.326 e. The van der Waals surface area contributed by atoms with Gasteiger partial charge in [-0.25, -0.2) is 17.9 Å². The Morgan fingerprint density at radius 2 is 1.96 bits per heavy atom. The number of imidazole rings is 1. The van der Waals surface area contributed by atoms with Gasteiger partial charge in [-0.05, 0) is 43.2 Å². The first-order valence-electron chi connectivity index (χ1n) is 7.82. The molecule has 0 atom stereocenters. The molecule has 3 rings (SSSR count). The number of H-pyrrole nitrogens is 1. The Balaban J connectivity index is 1.65. The second kappa shape index (κ2) is 7.03. The van der Waals surface area contributed by atoms with Crippen molar-refractivity contribution in [3.63, 3.8) is 0 Å². The predicted octanol–water partition coefficient (Wildman–Crippen LogP) is 2.66. The van der Waals surface area contributed by atoms with Gasteiger partial charge in [-0.2, -0.15) is 0 Å². The van der Waals surface area contributed by atoms with Crippen LogP contribution < -0.4 is 10.4 Å². The number of hydrogen-bond acceptors (Lipinski definition) is 3. The molecule has 132 valence electrons. The number of para-hydroxylation sites is 2. The van der Waals surface area contributed by atoms with E-state index in [0.717, 1.165) is 16.6 Å². The summed E-state index contributed by atoms with van der Waals surface area (Å²) >= 11 is 5.99. The van der Waals surface area contributed by atoms with Crippen LogP contribution in [-0.2, 0) is 16.6 Å². The van der Waals surface area contributed by atoms with Crippen molar-refractivity contribution in [2.75, 3.05) is 6.54 Å². The van der Waals surface area contributed by atoms with E-state index >= 15 is 0 Å². The molecular weight excluding hydrogens is 362 g/mol. The van der Waals surface area contributed by atoms with E-state index in [1.54, 1.807) is 10.6 Å². The highest BCUT2D eigenvalue weighted by molar-refractivity contribution is 7.89. The van der Waals surface area contributed by atoms with Gasteiger partial charge < -0.3 is 4.98 Å².